The number of allylic oxidation sites excluding steroid dienone is 2. The Morgan fingerprint density at radius 1 is 1.04 bits per heavy atom. The summed E-state index contributed by atoms with van der Waals surface area (Å²) in [5, 5.41) is 2.01. The number of Topliss-reactive ketones (excluding diaryl/α,β-unsaturated/α-hetero) is 1. The van der Waals surface area contributed by atoms with Crippen LogP contribution in [0.3, 0.4) is 0 Å². The molecule has 1 aliphatic heterocycles. The molecule has 0 spiro atoms. The summed E-state index contributed by atoms with van der Waals surface area (Å²) in [6.45, 7) is 4.22. The van der Waals surface area contributed by atoms with Gasteiger partial charge < -0.3 is 0 Å². The van der Waals surface area contributed by atoms with E-state index in [1.165, 1.54) is 0 Å². The van der Waals surface area contributed by atoms with Crippen LogP contribution in [0, 0.1) is 5.41 Å². The normalized spacial score (nSPS) is 23.0. The van der Waals surface area contributed by atoms with Gasteiger partial charge in [-0.2, -0.15) is 0 Å². The highest BCUT2D eigenvalue weighted by Gasteiger charge is 2.44. The van der Waals surface area contributed by atoms with Gasteiger partial charge in [0.1, 0.15) is 0 Å². The Bertz CT molecular complexity index is 849. The van der Waals surface area contributed by atoms with Crippen LogP contribution in [0.1, 0.15) is 43.9 Å². The minimum Gasteiger partial charge on any atom is -0.294 e. The lowest BCUT2D eigenvalue weighted by Gasteiger charge is -2.42. The summed E-state index contributed by atoms with van der Waals surface area (Å²) in [5.74, 6) is 0.179. The Balaban J connectivity index is 1.90. The largest absolute Gasteiger partial charge is 0.294 e. The van der Waals surface area contributed by atoms with Crippen LogP contribution in [0.25, 0.3) is 0 Å². The van der Waals surface area contributed by atoms with Gasteiger partial charge in [-0.05, 0) is 35.4 Å². The minimum absolute atomic E-state index is 0.0776. The van der Waals surface area contributed by atoms with Gasteiger partial charge in [-0.3, -0.25) is 14.5 Å². The highest BCUT2D eigenvalue weighted by molar-refractivity contribution is 7.10. The van der Waals surface area contributed by atoms with E-state index in [4.69, 9.17) is 0 Å². The van der Waals surface area contributed by atoms with Gasteiger partial charge in [0, 0.05) is 40.6 Å². The number of amides is 1. The van der Waals surface area contributed by atoms with Crippen LogP contribution in [0.15, 0.2) is 59.1 Å². The maximum absolute atomic E-state index is 13.1. The fourth-order valence-electron chi connectivity index (χ4n) is 4.02. The van der Waals surface area contributed by atoms with E-state index in [0.717, 1.165) is 28.3 Å². The third-order valence-electron chi connectivity index (χ3n) is 5.04. The van der Waals surface area contributed by atoms with Crippen molar-refractivity contribution in [1.29, 1.82) is 0 Å². The van der Waals surface area contributed by atoms with E-state index in [9.17, 15) is 9.59 Å². The number of para-hydroxylation sites is 1. The maximum atomic E-state index is 13.1. The predicted molar refractivity (Wildman–Crippen MR) is 101 cm³/mol. The lowest BCUT2D eigenvalue weighted by atomic mass is 9.70. The summed E-state index contributed by atoms with van der Waals surface area (Å²) >= 11 is 1.63. The quantitative estimate of drug-likeness (QED) is 0.771. The minimum atomic E-state index is -0.124. The number of thiophene rings is 1. The van der Waals surface area contributed by atoms with Crippen molar-refractivity contribution in [2.45, 2.75) is 39.0 Å². The molecule has 0 bridgehead atoms. The molecule has 1 atom stereocenters. The molecule has 2 aliphatic rings. The van der Waals surface area contributed by atoms with E-state index in [-0.39, 0.29) is 23.0 Å². The second kappa shape index (κ2) is 5.95. The van der Waals surface area contributed by atoms with Crippen LogP contribution in [-0.2, 0) is 9.59 Å². The Hall–Kier alpha value is -2.20. The first kappa shape index (κ1) is 16.3. The molecule has 2 aromatic rings. The lowest BCUT2D eigenvalue weighted by molar-refractivity contribution is -0.120. The van der Waals surface area contributed by atoms with Crippen molar-refractivity contribution in [3.63, 3.8) is 0 Å². The van der Waals surface area contributed by atoms with Gasteiger partial charge >= 0.3 is 0 Å². The molecule has 0 radical (unpaired) electrons. The average molecular weight is 351 g/mol. The van der Waals surface area contributed by atoms with Crippen molar-refractivity contribution in [2.75, 3.05) is 4.90 Å². The molecule has 4 rings (SSSR count). The number of nitrogens with zero attached hydrogens (tertiary/aromatic N) is 1. The van der Waals surface area contributed by atoms with Crippen LogP contribution in [0.5, 0.6) is 0 Å². The molecule has 4 heteroatoms. The van der Waals surface area contributed by atoms with E-state index in [0.29, 0.717) is 12.8 Å². The van der Waals surface area contributed by atoms with E-state index in [2.05, 4.69) is 13.8 Å². The fraction of sp³-hybridized carbons (Fsp3) is 0.333. The maximum Gasteiger partial charge on any atom is 0.232 e. The van der Waals surface area contributed by atoms with Crippen LogP contribution in [0.4, 0.5) is 5.69 Å². The highest BCUT2D eigenvalue weighted by Crippen LogP contribution is 2.48. The highest BCUT2D eigenvalue weighted by atomic mass is 32.1. The molecule has 1 aromatic carbocycles. The zero-order valence-electron chi connectivity index (χ0n) is 14.5. The number of carbonyl (C=O) groups excluding carboxylic acids is 2. The van der Waals surface area contributed by atoms with Gasteiger partial charge in [0.05, 0.1) is 0 Å². The second-order valence-electron chi connectivity index (χ2n) is 7.64. The molecule has 1 aromatic heterocycles. The molecule has 1 unspecified atom stereocenters. The van der Waals surface area contributed by atoms with E-state index < -0.39 is 0 Å². The zero-order valence-corrected chi connectivity index (χ0v) is 15.3. The van der Waals surface area contributed by atoms with Gasteiger partial charge in [-0.15, -0.1) is 11.3 Å². The lowest BCUT2D eigenvalue weighted by Crippen LogP contribution is -2.43. The Kier molecular flexibility index (Phi) is 3.88. The summed E-state index contributed by atoms with van der Waals surface area (Å²) in [5.41, 5.74) is 2.49. The number of carbonyl (C=O) groups is 2. The van der Waals surface area contributed by atoms with Crippen molar-refractivity contribution in [1.82, 2.24) is 0 Å². The summed E-state index contributed by atoms with van der Waals surface area (Å²) in [6, 6.07) is 13.7. The summed E-state index contributed by atoms with van der Waals surface area (Å²) in [4.78, 5) is 29.0. The molecule has 1 amide bonds. The standard InChI is InChI=1S/C21H21NO2S/c1-21(2)12-16-20(17(23)13-21)15(18-9-6-10-25-18)11-19(24)22(16)14-7-4-3-5-8-14/h3-10,15H,11-13H2,1-2H3. The molecule has 0 saturated heterocycles. The first-order chi connectivity index (χ1) is 12.0. The van der Waals surface area contributed by atoms with Crippen molar-refractivity contribution in [2.24, 2.45) is 5.41 Å². The van der Waals surface area contributed by atoms with Crippen LogP contribution in [0.2, 0.25) is 0 Å². The van der Waals surface area contributed by atoms with Crippen LogP contribution >= 0.6 is 11.3 Å². The molecule has 0 N–H and O–H groups in total. The molecular weight excluding hydrogens is 330 g/mol. The number of anilines is 1. The van der Waals surface area contributed by atoms with Gasteiger partial charge in [-0.1, -0.05) is 38.1 Å². The van der Waals surface area contributed by atoms with E-state index in [1.54, 1.807) is 16.2 Å². The Morgan fingerprint density at radius 3 is 2.48 bits per heavy atom. The summed E-state index contributed by atoms with van der Waals surface area (Å²) in [6.07, 6.45) is 1.65. The Morgan fingerprint density at radius 2 is 1.80 bits per heavy atom. The van der Waals surface area contributed by atoms with Crippen molar-refractivity contribution in [3.05, 3.63) is 64.0 Å². The molecular formula is C21H21NO2S. The molecule has 2 heterocycles. The molecule has 1 aliphatic carbocycles. The van der Waals surface area contributed by atoms with Gasteiger partial charge in [-0.25, -0.2) is 0 Å². The third-order valence-corrected chi connectivity index (χ3v) is 6.03. The first-order valence-electron chi connectivity index (χ1n) is 8.64. The number of hydrogen-bond donors (Lipinski definition) is 0. The Labute approximate surface area is 152 Å². The van der Waals surface area contributed by atoms with Crippen LogP contribution < -0.4 is 4.90 Å². The molecule has 0 saturated carbocycles. The summed E-state index contributed by atoms with van der Waals surface area (Å²) in [7, 11) is 0. The zero-order chi connectivity index (χ0) is 17.6. The van der Waals surface area contributed by atoms with Crippen molar-refractivity contribution in [3.8, 4) is 0 Å². The second-order valence-corrected chi connectivity index (χ2v) is 8.62. The topological polar surface area (TPSA) is 37.4 Å². The van der Waals surface area contributed by atoms with Gasteiger partial charge in [0.15, 0.2) is 5.78 Å². The van der Waals surface area contributed by atoms with E-state index in [1.807, 2.05) is 47.8 Å². The van der Waals surface area contributed by atoms with Gasteiger partial charge in [0.2, 0.25) is 5.91 Å². The smallest absolute Gasteiger partial charge is 0.232 e. The van der Waals surface area contributed by atoms with Gasteiger partial charge in [0.25, 0.3) is 0 Å². The van der Waals surface area contributed by atoms with E-state index >= 15 is 0 Å². The van der Waals surface area contributed by atoms with Crippen molar-refractivity contribution < 1.29 is 9.59 Å². The number of benzene rings is 1. The molecule has 25 heavy (non-hydrogen) atoms. The third kappa shape index (κ3) is 2.85. The SMILES string of the molecule is CC1(C)CC(=O)C2=C(C1)N(c1ccccc1)C(=O)CC2c1cccs1. The summed E-state index contributed by atoms with van der Waals surface area (Å²) < 4.78 is 0. The monoisotopic (exact) mass is 351 g/mol. The first-order valence-corrected chi connectivity index (χ1v) is 9.52. The fourth-order valence-corrected chi connectivity index (χ4v) is 4.86. The number of rotatable bonds is 2. The number of ketones is 1. The molecule has 3 nitrogen and oxygen atoms in total. The number of hydrogen-bond acceptors (Lipinski definition) is 3. The van der Waals surface area contributed by atoms with Crippen LogP contribution in [-0.4, -0.2) is 11.7 Å². The van der Waals surface area contributed by atoms with Crippen molar-refractivity contribution >= 4 is 28.7 Å². The predicted octanol–water partition coefficient (Wildman–Crippen LogP) is 4.91. The molecule has 0 fully saturated rings. The molecule has 128 valence electrons. The average Bonchev–Trinajstić information content (AvgIpc) is 3.07.